The summed E-state index contributed by atoms with van der Waals surface area (Å²) in [6, 6.07) is 0.496. The van der Waals surface area contributed by atoms with E-state index in [0.717, 1.165) is 11.8 Å². The first-order valence-corrected chi connectivity index (χ1v) is 6.59. The average molecular weight is 216 g/mol. The Morgan fingerprint density at radius 2 is 1.14 bits per heavy atom. The topological polar surface area (TPSA) is 26.0 Å². The molecule has 14 heavy (non-hydrogen) atoms. The summed E-state index contributed by atoms with van der Waals surface area (Å²) in [6.45, 7) is 0. The molecule has 2 heteroatoms. The lowest BCUT2D eigenvalue weighted by Gasteiger charge is -2.35. The second kappa shape index (κ2) is 4.85. The van der Waals surface area contributed by atoms with Crippen LogP contribution >= 0.6 is 11.6 Å². The maximum absolute atomic E-state index is 6.12. The Kier molecular flexibility index (Phi) is 3.73. The molecule has 2 rings (SSSR count). The molecule has 1 nitrogen and oxygen atoms in total. The Morgan fingerprint density at radius 3 is 1.64 bits per heavy atom. The summed E-state index contributed by atoms with van der Waals surface area (Å²) in [7, 11) is 0. The quantitative estimate of drug-likeness (QED) is 0.668. The highest BCUT2D eigenvalue weighted by molar-refractivity contribution is 6.20. The van der Waals surface area contributed by atoms with Crippen LogP contribution in [0, 0.1) is 11.8 Å². The minimum atomic E-state index is 0.470. The van der Waals surface area contributed by atoms with Crippen molar-refractivity contribution in [2.24, 2.45) is 17.6 Å². The second-order valence-corrected chi connectivity index (χ2v) is 5.80. The molecule has 0 unspecified atom stereocenters. The van der Waals surface area contributed by atoms with Gasteiger partial charge in [0.2, 0.25) is 0 Å². The van der Waals surface area contributed by atoms with Gasteiger partial charge in [-0.05, 0) is 63.2 Å². The number of halogens is 1. The lowest BCUT2D eigenvalue weighted by Crippen LogP contribution is -2.31. The standard InChI is InChI=1S/C12H22ClN/c13-11-5-1-9(2-6-11)10-3-7-12(14)8-4-10/h9-12H,1-8,14H2/t9-,10-,11+,12+. The third-order valence-corrected chi connectivity index (χ3v) is 4.62. The zero-order valence-corrected chi connectivity index (χ0v) is 9.68. The fourth-order valence-corrected chi connectivity index (χ4v) is 3.42. The average Bonchev–Trinajstić information content (AvgIpc) is 2.21. The van der Waals surface area contributed by atoms with Crippen LogP contribution < -0.4 is 5.73 Å². The van der Waals surface area contributed by atoms with E-state index in [-0.39, 0.29) is 0 Å². The van der Waals surface area contributed by atoms with Gasteiger partial charge < -0.3 is 5.73 Å². The Morgan fingerprint density at radius 1 is 0.714 bits per heavy atom. The fraction of sp³-hybridized carbons (Fsp3) is 1.00. The van der Waals surface area contributed by atoms with Gasteiger partial charge in [0.05, 0.1) is 0 Å². The number of alkyl halides is 1. The Labute approximate surface area is 92.4 Å². The van der Waals surface area contributed by atoms with Crippen LogP contribution in [0.4, 0.5) is 0 Å². The van der Waals surface area contributed by atoms with E-state index in [1.807, 2.05) is 0 Å². The third kappa shape index (κ3) is 2.64. The van der Waals surface area contributed by atoms with Gasteiger partial charge in [0.15, 0.2) is 0 Å². The minimum Gasteiger partial charge on any atom is -0.328 e. The molecule has 0 heterocycles. The van der Waals surface area contributed by atoms with Crippen molar-refractivity contribution in [1.82, 2.24) is 0 Å². The van der Waals surface area contributed by atoms with Gasteiger partial charge in [-0.1, -0.05) is 0 Å². The predicted molar refractivity (Wildman–Crippen MR) is 61.5 cm³/mol. The van der Waals surface area contributed by atoms with Gasteiger partial charge in [0.25, 0.3) is 0 Å². The molecule has 0 aromatic rings. The SMILES string of the molecule is N[C@H]1CC[C@@H]([C@H]2CC[C@@H](Cl)CC2)CC1. The van der Waals surface area contributed by atoms with Crippen LogP contribution in [0.3, 0.4) is 0 Å². The number of hydrogen-bond donors (Lipinski definition) is 1. The molecule has 0 radical (unpaired) electrons. The lowest BCUT2D eigenvalue weighted by molar-refractivity contribution is 0.188. The minimum absolute atomic E-state index is 0.470. The molecular weight excluding hydrogens is 194 g/mol. The fourth-order valence-electron chi connectivity index (χ4n) is 3.17. The molecule has 0 atom stereocenters. The van der Waals surface area contributed by atoms with Gasteiger partial charge in [0, 0.05) is 11.4 Å². The summed E-state index contributed by atoms with van der Waals surface area (Å²) in [5.41, 5.74) is 5.93. The van der Waals surface area contributed by atoms with Crippen molar-refractivity contribution in [3.63, 3.8) is 0 Å². The molecule has 0 aromatic carbocycles. The monoisotopic (exact) mass is 215 g/mol. The van der Waals surface area contributed by atoms with Gasteiger partial charge >= 0.3 is 0 Å². The van der Waals surface area contributed by atoms with Gasteiger partial charge in [0.1, 0.15) is 0 Å². The maximum atomic E-state index is 6.12. The summed E-state index contributed by atoms with van der Waals surface area (Å²) in [5, 5.41) is 0.470. The molecule has 0 aromatic heterocycles. The first-order valence-electron chi connectivity index (χ1n) is 6.15. The molecule has 2 N–H and O–H groups in total. The summed E-state index contributed by atoms with van der Waals surface area (Å²) < 4.78 is 0. The molecule has 0 aliphatic heterocycles. The summed E-state index contributed by atoms with van der Waals surface area (Å²) in [6.07, 6.45) is 10.5. The van der Waals surface area contributed by atoms with Crippen molar-refractivity contribution in [1.29, 1.82) is 0 Å². The Bertz CT molecular complexity index is 147. The normalized spacial score (nSPS) is 45.0. The number of nitrogens with two attached hydrogens (primary N) is 1. The molecule has 82 valence electrons. The van der Waals surface area contributed by atoms with Gasteiger partial charge in [-0.2, -0.15) is 0 Å². The molecule has 0 spiro atoms. The van der Waals surface area contributed by atoms with Crippen LogP contribution in [-0.4, -0.2) is 11.4 Å². The molecule has 0 amide bonds. The van der Waals surface area contributed by atoms with Crippen molar-refractivity contribution in [2.75, 3.05) is 0 Å². The number of rotatable bonds is 1. The molecule has 0 saturated heterocycles. The summed E-state index contributed by atoms with van der Waals surface area (Å²) >= 11 is 6.12. The van der Waals surface area contributed by atoms with Crippen LogP contribution in [0.5, 0.6) is 0 Å². The zero-order valence-electron chi connectivity index (χ0n) is 8.92. The smallest absolute Gasteiger partial charge is 0.0336 e. The largest absolute Gasteiger partial charge is 0.328 e. The molecule has 0 bridgehead atoms. The van der Waals surface area contributed by atoms with Gasteiger partial charge in [-0.3, -0.25) is 0 Å². The molecular formula is C12H22ClN. The van der Waals surface area contributed by atoms with E-state index < -0.39 is 0 Å². The van der Waals surface area contributed by atoms with E-state index in [9.17, 15) is 0 Å². The van der Waals surface area contributed by atoms with Gasteiger partial charge in [-0.15, -0.1) is 11.6 Å². The van der Waals surface area contributed by atoms with Crippen molar-refractivity contribution in [2.45, 2.75) is 62.8 Å². The van der Waals surface area contributed by atoms with E-state index in [1.54, 1.807) is 0 Å². The summed E-state index contributed by atoms with van der Waals surface area (Å²) in [4.78, 5) is 0. The number of hydrogen-bond acceptors (Lipinski definition) is 1. The van der Waals surface area contributed by atoms with E-state index in [1.165, 1.54) is 51.4 Å². The first-order chi connectivity index (χ1) is 6.75. The van der Waals surface area contributed by atoms with Crippen LogP contribution in [0.1, 0.15) is 51.4 Å². The highest BCUT2D eigenvalue weighted by atomic mass is 35.5. The Balaban J connectivity index is 1.78. The molecule has 2 fully saturated rings. The lowest BCUT2D eigenvalue weighted by atomic mass is 9.72. The first kappa shape index (κ1) is 10.8. The van der Waals surface area contributed by atoms with Crippen LogP contribution in [0.15, 0.2) is 0 Å². The zero-order chi connectivity index (χ0) is 9.97. The maximum Gasteiger partial charge on any atom is 0.0336 e. The van der Waals surface area contributed by atoms with Crippen molar-refractivity contribution in [3.05, 3.63) is 0 Å². The Hall–Kier alpha value is 0.250. The third-order valence-electron chi connectivity index (χ3n) is 4.18. The summed E-state index contributed by atoms with van der Waals surface area (Å²) in [5.74, 6) is 1.94. The highest BCUT2D eigenvalue weighted by Crippen LogP contribution is 2.38. The molecule has 2 aliphatic carbocycles. The van der Waals surface area contributed by atoms with Crippen molar-refractivity contribution in [3.8, 4) is 0 Å². The van der Waals surface area contributed by atoms with E-state index in [2.05, 4.69) is 0 Å². The second-order valence-electron chi connectivity index (χ2n) is 5.19. The highest BCUT2D eigenvalue weighted by Gasteiger charge is 2.29. The van der Waals surface area contributed by atoms with E-state index >= 15 is 0 Å². The van der Waals surface area contributed by atoms with Crippen molar-refractivity contribution < 1.29 is 0 Å². The molecule has 2 saturated carbocycles. The van der Waals surface area contributed by atoms with Crippen molar-refractivity contribution >= 4 is 11.6 Å². The molecule has 2 aliphatic rings. The van der Waals surface area contributed by atoms with Gasteiger partial charge in [-0.25, -0.2) is 0 Å². The predicted octanol–water partition coefficient (Wildman–Crippen LogP) is 3.30. The van der Waals surface area contributed by atoms with E-state index in [0.29, 0.717) is 11.4 Å². The van der Waals surface area contributed by atoms with Crippen LogP contribution in [0.25, 0.3) is 0 Å². The van der Waals surface area contributed by atoms with E-state index in [4.69, 9.17) is 17.3 Å². The van der Waals surface area contributed by atoms with Crippen LogP contribution in [0.2, 0.25) is 0 Å². The van der Waals surface area contributed by atoms with Crippen LogP contribution in [-0.2, 0) is 0 Å².